The molecular formula is C15H16N2O4. The maximum absolute atomic E-state index is 10.8. The van der Waals surface area contributed by atoms with Crippen LogP contribution >= 0.6 is 0 Å². The van der Waals surface area contributed by atoms with E-state index in [0.717, 1.165) is 12.2 Å². The van der Waals surface area contributed by atoms with Gasteiger partial charge in [-0.1, -0.05) is 6.92 Å². The second kappa shape index (κ2) is 6.60. The van der Waals surface area contributed by atoms with E-state index in [4.69, 9.17) is 15.2 Å². The molecule has 110 valence electrons. The molecule has 0 aliphatic rings. The number of hydrogen-bond acceptors (Lipinski definition) is 5. The van der Waals surface area contributed by atoms with Gasteiger partial charge in [-0.25, -0.2) is 0 Å². The van der Waals surface area contributed by atoms with Crippen molar-refractivity contribution in [2.45, 2.75) is 13.3 Å². The maximum Gasteiger partial charge on any atom is 0.275 e. The van der Waals surface area contributed by atoms with Gasteiger partial charge in [-0.2, -0.15) is 0 Å². The van der Waals surface area contributed by atoms with Crippen LogP contribution in [-0.2, 0) is 0 Å². The molecule has 0 amide bonds. The standard InChI is InChI=1S/C15H16N2O4/c1-2-7-20-13-3-5-14(6-4-13)21-15-9-11(16)8-12(10-15)17(18)19/h3-6,8-10H,2,7,16H2,1H3. The van der Waals surface area contributed by atoms with Crippen molar-refractivity contribution in [3.05, 3.63) is 52.6 Å². The summed E-state index contributed by atoms with van der Waals surface area (Å²) in [6.45, 7) is 2.69. The van der Waals surface area contributed by atoms with Crippen LogP contribution in [0.1, 0.15) is 13.3 Å². The first-order valence-corrected chi connectivity index (χ1v) is 6.54. The van der Waals surface area contributed by atoms with Crippen molar-refractivity contribution in [3.63, 3.8) is 0 Å². The van der Waals surface area contributed by atoms with Crippen LogP contribution in [0.3, 0.4) is 0 Å². The van der Waals surface area contributed by atoms with Gasteiger partial charge in [-0.3, -0.25) is 10.1 Å². The third kappa shape index (κ3) is 4.10. The van der Waals surface area contributed by atoms with E-state index in [1.807, 2.05) is 6.92 Å². The van der Waals surface area contributed by atoms with Crippen molar-refractivity contribution >= 4 is 11.4 Å². The van der Waals surface area contributed by atoms with Gasteiger partial charge in [0, 0.05) is 17.8 Å². The number of nitrogens with zero attached hydrogens (tertiary/aromatic N) is 1. The van der Waals surface area contributed by atoms with Crippen molar-refractivity contribution < 1.29 is 14.4 Å². The summed E-state index contributed by atoms with van der Waals surface area (Å²) < 4.78 is 11.0. The SMILES string of the molecule is CCCOc1ccc(Oc2cc(N)cc([N+](=O)[O-])c2)cc1. The third-order valence-corrected chi connectivity index (χ3v) is 2.66. The van der Waals surface area contributed by atoms with Gasteiger partial charge in [0.2, 0.25) is 0 Å². The molecule has 2 rings (SSSR count). The van der Waals surface area contributed by atoms with Gasteiger partial charge in [0.25, 0.3) is 5.69 Å². The molecule has 6 nitrogen and oxygen atoms in total. The second-order valence-corrected chi connectivity index (χ2v) is 4.44. The highest BCUT2D eigenvalue weighted by Crippen LogP contribution is 2.29. The van der Waals surface area contributed by atoms with E-state index in [-0.39, 0.29) is 11.4 Å². The lowest BCUT2D eigenvalue weighted by Crippen LogP contribution is -1.95. The number of rotatable bonds is 6. The number of hydrogen-bond donors (Lipinski definition) is 1. The Labute approximate surface area is 122 Å². The summed E-state index contributed by atoms with van der Waals surface area (Å²) >= 11 is 0. The molecular weight excluding hydrogens is 272 g/mol. The highest BCUT2D eigenvalue weighted by molar-refractivity contribution is 5.54. The van der Waals surface area contributed by atoms with Crippen LogP contribution in [-0.4, -0.2) is 11.5 Å². The normalized spacial score (nSPS) is 10.1. The first-order valence-electron chi connectivity index (χ1n) is 6.54. The molecule has 0 saturated heterocycles. The Morgan fingerprint density at radius 3 is 2.38 bits per heavy atom. The molecule has 0 bridgehead atoms. The molecule has 0 aromatic heterocycles. The number of nitro groups is 1. The Kier molecular flexibility index (Phi) is 4.61. The highest BCUT2D eigenvalue weighted by atomic mass is 16.6. The van der Waals surface area contributed by atoms with Crippen LogP contribution in [0.15, 0.2) is 42.5 Å². The Morgan fingerprint density at radius 2 is 1.76 bits per heavy atom. The van der Waals surface area contributed by atoms with Crippen molar-refractivity contribution in [2.24, 2.45) is 0 Å². The highest BCUT2D eigenvalue weighted by Gasteiger charge is 2.10. The second-order valence-electron chi connectivity index (χ2n) is 4.44. The molecule has 0 radical (unpaired) electrons. The first kappa shape index (κ1) is 14.6. The molecule has 0 spiro atoms. The topological polar surface area (TPSA) is 87.6 Å². The fourth-order valence-corrected chi connectivity index (χ4v) is 1.73. The number of nitrogen functional groups attached to an aromatic ring is 1. The van der Waals surface area contributed by atoms with Crippen molar-refractivity contribution in [1.29, 1.82) is 0 Å². The lowest BCUT2D eigenvalue weighted by atomic mass is 10.2. The zero-order chi connectivity index (χ0) is 15.2. The van der Waals surface area contributed by atoms with E-state index in [2.05, 4.69) is 0 Å². The summed E-state index contributed by atoms with van der Waals surface area (Å²) in [5.74, 6) is 1.63. The van der Waals surface area contributed by atoms with E-state index >= 15 is 0 Å². The van der Waals surface area contributed by atoms with Gasteiger partial charge in [-0.05, 0) is 30.7 Å². The average molecular weight is 288 g/mol. The van der Waals surface area contributed by atoms with Crippen molar-refractivity contribution in [2.75, 3.05) is 12.3 Å². The molecule has 0 atom stereocenters. The number of nitro benzene ring substituents is 1. The van der Waals surface area contributed by atoms with Gasteiger partial charge >= 0.3 is 0 Å². The van der Waals surface area contributed by atoms with E-state index in [1.165, 1.54) is 18.2 Å². The van der Waals surface area contributed by atoms with Crippen LogP contribution in [0.4, 0.5) is 11.4 Å². The van der Waals surface area contributed by atoms with Crippen LogP contribution < -0.4 is 15.2 Å². The summed E-state index contributed by atoms with van der Waals surface area (Å²) in [6, 6.07) is 11.2. The number of nitrogens with two attached hydrogens (primary N) is 1. The van der Waals surface area contributed by atoms with Crippen LogP contribution in [0.2, 0.25) is 0 Å². The lowest BCUT2D eigenvalue weighted by Gasteiger charge is -2.08. The Morgan fingerprint density at radius 1 is 1.10 bits per heavy atom. The molecule has 21 heavy (non-hydrogen) atoms. The zero-order valence-electron chi connectivity index (χ0n) is 11.6. The molecule has 0 aliphatic heterocycles. The smallest absolute Gasteiger partial charge is 0.275 e. The van der Waals surface area contributed by atoms with E-state index in [0.29, 0.717) is 18.1 Å². The fraction of sp³-hybridized carbons (Fsp3) is 0.200. The number of benzene rings is 2. The summed E-state index contributed by atoms with van der Waals surface area (Å²) in [6.07, 6.45) is 0.936. The molecule has 0 aliphatic carbocycles. The van der Waals surface area contributed by atoms with Gasteiger partial charge in [0.05, 0.1) is 17.6 Å². The number of anilines is 1. The van der Waals surface area contributed by atoms with Gasteiger partial charge in [0.1, 0.15) is 17.2 Å². The van der Waals surface area contributed by atoms with E-state index < -0.39 is 4.92 Å². The maximum atomic E-state index is 10.8. The summed E-state index contributed by atoms with van der Waals surface area (Å²) in [4.78, 5) is 10.3. The summed E-state index contributed by atoms with van der Waals surface area (Å²) in [5.41, 5.74) is 5.80. The minimum absolute atomic E-state index is 0.104. The van der Waals surface area contributed by atoms with Crippen LogP contribution in [0.5, 0.6) is 17.2 Å². The third-order valence-electron chi connectivity index (χ3n) is 2.66. The number of ether oxygens (including phenoxy) is 2. The van der Waals surface area contributed by atoms with Gasteiger partial charge in [0.15, 0.2) is 0 Å². The van der Waals surface area contributed by atoms with Crippen LogP contribution in [0, 0.1) is 10.1 Å². The number of non-ortho nitro benzene ring substituents is 1. The largest absolute Gasteiger partial charge is 0.494 e. The Balaban J connectivity index is 2.12. The summed E-state index contributed by atoms with van der Waals surface area (Å²) in [7, 11) is 0. The fourth-order valence-electron chi connectivity index (χ4n) is 1.73. The Bertz CT molecular complexity index is 626. The summed E-state index contributed by atoms with van der Waals surface area (Å²) in [5, 5.41) is 10.8. The molecule has 0 fully saturated rings. The minimum atomic E-state index is -0.509. The molecule has 0 heterocycles. The lowest BCUT2D eigenvalue weighted by molar-refractivity contribution is -0.384. The van der Waals surface area contributed by atoms with Gasteiger partial charge < -0.3 is 15.2 Å². The zero-order valence-corrected chi connectivity index (χ0v) is 11.6. The molecule has 2 aromatic rings. The molecule has 0 unspecified atom stereocenters. The van der Waals surface area contributed by atoms with Gasteiger partial charge in [-0.15, -0.1) is 0 Å². The quantitative estimate of drug-likeness (QED) is 0.496. The molecule has 0 saturated carbocycles. The Hall–Kier alpha value is -2.76. The predicted octanol–water partition coefficient (Wildman–Crippen LogP) is 3.76. The predicted molar refractivity (Wildman–Crippen MR) is 79.8 cm³/mol. The minimum Gasteiger partial charge on any atom is -0.494 e. The van der Waals surface area contributed by atoms with Crippen molar-refractivity contribution in [1.82, 2.24) is 0 Å². The van der Waals surface area contributed by atoms with E-state index in [1.54, 1.807) is 24.3 Å². The molecule has 6 heteroatoms. The van der Waals surface area contributed by atoms with Crippen LogP contribution in [0.25, 0.3) is 0 Å². The van der Waals surface area contributed by atoms with E-state index in [9.17, 15) is 10.1 Å². The monoisotopic (exact) mass is 288 g/mol. The average Bonchev–Trinajstić information content (AvgIpc) is 2.46. The first-order chi connectivity index (χ1) is 10.1. The van der Waals surface area contributed by atoms with Crippen molar-refractivity contribution in [3.8, 4) is 17.2 Å². The molecule has 2 N–H and O–H groups in total. The molecule has 2 aromatic carbocycles.